The molecule has 0 radical (unpaired) electrons. The molecule has 2 N–H and O–H groups in total. The Morgan fingerprint density at radius 1 is 1.44 bits per heavy atom. The SMILES string of the molecule is CCNc1ncc(Br)c(NCC2CCCCO2)n1. The van der Waals surface area contributed by atoms with Gasteiger partial charge in [-0.2, -0.15) is 4.98 Å². The third-order valence-electron chi connectivity index (χ3n) is 2.85. The Bertz CT molecular complexity index is 382. The van der Waals surface area contributed by atoms with Gasteiger partial charge in [0, 0.05) is 25.9 Å². The first kappa shape index (κ1) is 13.5. The van der Waals surface area contributed by atoms with Crippen LogP contribution in [-0.4, -0.2) is 35.8 Å². The molecule has 2 heterocycles. The fourth-order valence-corrected chi connectivity index (χ4v) is 2.24. The molecule has 0 saturated carbocycles. The molecule has 100 valence electrons. The molecular formula is C12H19BrN4O. The predicted octanol–water partition coefficient (Wildman–Crippen LogP) is 2.65. The summed E-state index contributed by atoms with van der Waals surface area (Å²) in [5.41, 5.74) is 0. The largest absolute Gasteiger partial charge is 0.376 e. The highest BCUT2D eigenvalue weighted by molar-refractivity contribution is 9.10. The zero-order valence-electron chi connectivity index (χ0n) is 10.6. The summed E-state index contributed by atoms with van der Waals surface area (Å²) in [6.07, 6.45) is 5.60. The van der Waals surface area contributed by atoms with E-state index in [0.717, 1.165) is 36.4 Å². The summed E-state index contributed by atoms with van der Waals surface area (Å²) in [6.45, 7) is 4.50. The van der Waals surface area contributed by atoms with E-state index in [4.69, 9.17) is 4.74 Å². The summed E-state index contributed by atoms with van der Waals surface area (Å²) in [4.78, 5) is 8.59. The molecule has 5 nitrogen and oxygen atoms in total. The average molecular weight is 315 g/mol. The summed E-state index contributed by atoms with van der Waals surface area (Å²) >= 11 is 3.45. The summed E-state index contributed by atoms with van der Waals surface area (Å²) in [5.74, 6) is 1.46. The van der Waals surface area contributed by atoms with Crippen molar-refractivity contribution in [3.8, 4) is 0 Å². The van der Waals surface area contributed by atoms with Gasteiger partial charge in [0.15, 0.2) is 0 Å². The lowest BCUT2D eigenvalue weighted by atomic mass is 10.1. The van der Waals surface area contributed by atoms with Gasteiger partial charge in [0.2, 0.25) is 5.95 Å². The topological polar surface area (TPSA) is 59.1 Å². The maximum Gasteiger partial charge on any atom is 0.224 e. The number of aromatic nitrogens is 2. The molecule has 1 aromatic rings. The van der Waals surface area contributed by atoms with Crippen LogP contribution in [0.4, 0.5) is 11.8 Å². The van der Waals surface area contributed by atoms with Gasteiger partial charge in [-0.1, -0.05) is 0 Å². The van der Waals surface area contributed by atoms with Crippen LogP contribution in [0.15, 0.2) is 10.7 Å². The van der Waals surface area contributed by atoms with Gasteiger partial charge in [-0.25, -0.2) is 4.98 Å². The molecule has 1 aliphatic rings. The summed E-state index contributed by atoms with van der Waals surface area (Å²) in [5, 5.41) is 6.42. The second kappa shape index (κ2) is 6.89. The molecule has 1 atom stereocenters. The molecule has 0 spiro atoms. The molecule has 1 saturated heterocycles. The Balaban J connectivity index is 1.92. The lowest BCUT2D eigenvalue weighted by Gasteiger charge is -2.23. The van der Waals surface area contributed by atoms with E-state index in [1.165, 1.54) is 12.8 Å². The molecule has 1 aromatic heterocycles. The zero-order valence-corrected chi connectivity index (χ0v) is 12.2. The molecule has 0 amide bonds. The molecule has 18 heavy (non-hydrogen) atoms. The monoisotopic (exact) mass is 314 g/mol. The van der Waals surface area contributed by atoms with E-state index in [1.807, 2.05) is 6.92 Å². The smallest absolute Gasteiger partial charge is 0.224 e. The van der Waals surface area contributed by atoms with E-state index in [2.05, 4.69) is 36.5 Å². The van der Waals surface area contributed by atoms with Crippen LogP contribution in [0.2, 0.25) is 0 Å². The fourth-order valence-electron chi connectivity index (χ4n) is 1.91. The first-order valence-electron chi connectivity index (χ1n) is 6.41. The van der Waals surface area contributed by atoms with Gasteiger partial charge in [-0.3, -0.25) is 0 Å². The van der Waals surface area contributed by atoms with Gasteiger partial charge in [-0.05, 0) is 42.1 Å². The van der Waals surface area contributed by atoms with Crippen LogP contribution in [-0.2, 0) is 4.74 Å². The molecule has 1 aliphatic heterocycles. The van der Waals surface area contributed by atoms with E-state index in [-0.39, 0.29) is 0 Å². The minimum absolute atomic E-state index is 0.295. The van der Waals surface area contributed by atoms with Crippen molar-refractivity contribution in [3.05, 3.63) is 10.7 Å². The van der Waals surface area contributed by atoms with Crippen LogP contribution in [0.3, 0.4) is 0 Å². The molecular weight excluding hydrogens is 296 g/mol. The van der Waals surface area contributed by atoms with Crippen LogP contribution in [0, 0.1) is 0 Å². The Morgan fingerprint density at radius 3 is 3.06 bits per heavy atom. The van der Waals surface area contributed by atoms with Gasteiger partial charge in [-0.15, -0.1) is 0 Å². The normalized spacial score (nSPS) is 19.6. The van der Waals surface area contributed by atoms with E-state index in [1.54, 1.807) is 6.20 Å². The van der Waals surface area contributed by atoms with Gasteiger partial charge in [0.05, 0.1) is 10.6 Å². The highest BCUT2D eigenvalue weighted by Gasteiger charge is 2.14. The third-order valence-corrected chi connectivity index (χ3v) is 3.43. The van der Waals surface area contributed by atoms with Crippen molar-refractivity contribution in [2.75, 3.05) is 30.3 Å². The van der Waals surface area contributed by atoms with E-state index < -0.39 is 0 Å². The van der Waals surface area contributed by atoms with Crippen LogP contribution < -0.4 is 10.6 Å². The maximum atomic E-state index is 5.68. The van der Waals surface area contributed by atoms with Crippen molar-refractivity contribution in [3.63, 3.8) is 0 Å². The van der Waals surface area contributed by atoms with Crippen molar-refractivity contribution in [1.29, 1.82) is 0 Å². The van der Waals surface area contributed by atoms with Crippen molar-refractivity contribution in [2.24, 2.45) is 0 Å². The van der Waals surface area contributed by atoms with Gasteiger partial charge < -0.3 is 15.4 Å². The zero-order chi connectivity index (χ0) is 12.8. The van der Waals surface area contributed by atoms with Crippen LogP contribution >= 0.6 is 15.9 Å². The quantitative estimate of drug-likeness (QED) is 0.875. The van der Waals surface area contributed by atoms with Gasteiger partial charge in [0.25, 0.3) is 0 Å². The van der Waals surface area contributed by atoms with Crippen LogP contribution in [0.25, 0.3) is 0 Å². The minimum atomic E-state index is 0.295. The molecule has 0 aromatic carbocycles. The summed E-state index contributed by atoms with van der Waals surface area (Å²) < 4.78 is 6.56. The molecule has 6 heteroatoms. The summed E-state index contributed by atoms with van der Waals surface area (Å²) in [6, 6.07) is 0. The number of hydrogen-bond acceptors (Lipinski definition) is 5. The summed E-state index contributed by atoms with van der Waals surface area (Å²) in [7, 11) is 0. The van der Waals surface area contributed by atoms with Crippen LogP contribution in [0.5, 0.6) is 0 Å². The standard InChI is InChI=1S/C12H19BrN4O/c1-2-14-12-16-8-10(13)11(17-12)15-7-9-5-3-4-6-18-9/h8-9H,2-7H2,1H3,(H2,14,15,16,17). The Morgan fingerprint density at radius 2 is 2.33 bits per heavy atom. The first-order valence-corrected chi connectivity index (χ1v) is 7.20. The number of halogens is 1. The number of hydrogen-bond donors (Lipinski definition) is 2. The number of rotatable bonds is 5. The van der Waals surface area contributed by atoms with Crippen LogP contribution in [0.1, 0.15) is 26.2 Å². The number of nitrogens with one attached hydrogen (secondary N) is 2. The van der Waals surface area contributed by atoms with Crippen molar-refractivity contribution < 1.29 is 4.74 Å². The van der Waals surface area contributed by atoms with E-state index in [9.17, 15) is 0 Å². The Kier molecular flexibility index (Phi) is 5.19. The van der Waals surface area contributed by atoms with Crippen molar-refractivity contribution in [1.82, 2.24) is 9.97 Å². The fraction of sp³-hybridized carbons (Fsp3) is 0.667. The highest BCUT2D eigenvalue weighted by atomic mass is 79.9. The second-order valence-corrected chi connectivity index (χ2v) is 5.14. The number of ether oxygens (including phenoxy) is 1. The van der Waals surface area contributed by atoms with E-state index >= 15 is 0 Å². The average Bonchev–Trinajstić information content (AvgIpc) is 2.41. The van der Waals surface area contributed by atoms with Crippen molar-refractivity contribution >= 4 is 27.7 Å². The lowest BCUT2D eigenvalue weighted by molar-refractivity contribution is 0.0247. The first-order chi connectivity index (χ1) is 8.79. The molecule has 1 unspecified atom stereocenters. The molecule has 1 fully saturated rings. The third kappa shape index (κ3) is 3.81. The maximum absolute atomic E-state index is 5.68. The van der Waals surface area contributed by atoms with Crippen molar-refractivity contribution in [2.45, 2.75) is 32.3 Å². The Hall–Kier alpha value is -0.880. The minimum Gasteiger partial charge on any atom is -0.376 e. The molecule has 2 rings (SSSR count). The molecule has 0 aliphatic carbocycles. The highest BCUT2D eigenvalue weighted by Crippen LogP contribution is 2.21. The Labute approximate surface area is 116 Å². The number of nitrogens with zero attached hydrogens (tertiary/aromatic N) is 2. The molecule has 0 bridgehead atoms. The number of anilines is 2. The van der Waals surface area contributed by atoms with E-state index in [0.29, 0.717) is 12.1 Å². The lowest BCUT2D eigenvalue weighted by Crippen LogP contribution is -2.27. The predicted molar refractivity (Wildman–Crippen MR) is 76.0 cm³/mol. The second-order valence-electron chi connectivity index (χ2n) is 4.29. The van der Waals surface area contributed by atoms with Gasteiger partial charge in [0.1, 0.15) is 5.82 Å². The van der Waals surface area contributed by atoms with Gasteiger partial charge >= 0.3 is 0 Å².